The van der Waals surface area contributed by atoms with E-state index < -0.39 is 0 Å². The fourth-order valence-electron chi connectivity index (χ4n) is 2.04. The van der Waals surface area contributed by atoms with E-state index in [-0.39, 0.29) is 0 Å². The van der Waals surface area contributed by atoms with Crippen LogP contribution in [0.15, 0.2) is 36.4 Å². The summed E-state index contributed by atoms with van der Waals surface area (Å²) in [4.78, 5) is 11.0. The van der Waals surface area contributed by atoms with Gasteiger partial charge in [-0.25, -0.2) is 0 Å². The van der Waals surface area contributed by atoms with E-state index >= 15 is 0 Å². The second-order valence-electron chi connectivity index (χ2n) is 4.65. The van der Waals surface area contributed by atoms with Gasteiger partial charge in [-0.15, -0.1) is 0 Å². The number of nitriles is 1. The molecule has 0 aliphatic heterocycles. The summed E-state index contributed by atoms with van der Waals surface area (Å²) in [5.41, 5.74) is 4.13. The highest BCUT2D eigenvalue weighted by Gasteiger charge is 2.07. The summed E-state index contributed by atoms with van der Waals surface area (Å²) in [5, 5.41) is 8.85. The van der Waals surface area contributed by atoms with Crippen molar-refractivity contribution in [2.24, 2.45) is 0 Å². The smallest absolute Gasteiger partial charge is 0.153 e. The molecule has 0 saturated heterocycles. The molecule has 0 aliphatic rings. The lowest BCUT2D eigenvalue weighted by Gasteiger charge is -2.12. The highest BCUT2D eigenvalue weighted by molar-refractivity contribution is 5.80. The minimum atomic E-state index is 0.378. The van der Waals surface area contributed by atoms with Gasteiger partial charge >= 0.3 is 0 Å². The van der Waals surface area contributed by atoms with Crippen molar-refractivity contribution in [3.63, 3.8) is 0 Å². The van der Waals surface area contributed by atoms with Gasteiger partial charge in [0.1, 0.15) is 12.4 Å². The van der Waals surface area contributed by atoms with Crippen LogP contribution in [-0.2, 0) is 6.61 Å². The molecule has 0 saturated carbocycles. The monoisotopic (exact) mass is 265 g/mol. The van der Waals surface area contributed by atoms with E-state index in [9.17, 15) is 4.79 Å². The maximum Gasteiger partial charge on any atom is 0.153 e. The normalized spacial score (nSPS) is 9.85. The van der Waals surface area contributed by atoms with Crippen molar-refractivity contribution in [3.8, 4) is 11.8 Å². The zero-order valence-electron chi connectivity index (χ0n) is 11.5. The molecule has 0 radical (unpaired) electrons. The molecular formula is C17H15NO2. The number of para-hydroxylation sites is 1. The summed E-state index contributed by atoms with van der Waals surface area (Å²) in [7, 11) is 0. The van der Waals surface area contributed by atoms with Crippen LogP contribution >= 0.6 is 0 Å². The van der Waals surface area contributed by atoms with Crippen LogP contribution in [-0.4, -0.2) is 6.29 Å². The number of carbonyl (C=O) groups is 1. The fraction of sp³-hybridized carbons (Fsp3) is 0.176. The van der Waals surface area contributed by atoms with Crippen LogP contribution in [0.2, 0.25) is 0 Å². The number of benzene rings is 2. The second-order valence-corrected chi connectivity index (χ2v) is 4.65. The highest BCUT2D eigenvalue weighted by Crippen LogP contribution is 2.23. The first kappa shape index (κ1) is 13.8. The number of aryl methyl sites for hydroxylation is 2. The van der Waals surface area contributed by atoms with Gasteiger partial charge in [-0.2, -0.15) is 5.26 Å². The summed E-state index contributed by atoms with van der Waals surface area (Å²) >= 11 is 0. The van der Waals surface area contributed by atoms with E-state index in [4.69, 9.17) is 10.00 Å². The van der Waals surface area contributed by atoms with Crippen molar-refractivity contribution in [1.29, 1.82) is 5.26 Å². The quantitative estimate of drug-likeness (QED) is 0.794. The van der Waals surface area contributed by atoms with Crippen molar-refractivity contribution in [2.45, 2.75) is 20.5 Å². The van der Waals surface area contributed by atoms with E-state index in [2.05, 4.69) is 6.07 Å². The molecule has 2 aromatic carbocycles. The van der Waals surface area contributed by atoms with Gasteiger partial charge in [0.05, 0.1) is 17.2 Å². The van der Waals surface area contributed by atoms with Gasteiger partial charge in [0.15, 0.2) is 6.29 Å². The van der Waals surface area contributed by atoms with Gasteiger partial charge < -0.3 is 4.74 Å². The van der Waals surface area contributed by atoms with Crippen molar-refractivity contribution in [2.75, 3.05) is 0 Å². The molecule has 2 aromatic rings. The van der Waals surface area contributed by atoms with E-state index in [1.807, 2.05) is 38.1 Å². The van der Waals surface area contributed by atoms with Crippen molar-refractivity contribution in [1.82, 2.24) is 0 Å². The number of hydrogen-bond donors (Lipinski definition) is 0. The Morgan fingerprint density at radius 1 is 1.20 bits per heavy atom. The number of carbonyl (C=O) groups excluding carboxylic acids is 1. The molecular weight excluding hydrogens is 250 g/mol. The van der Waals surface area contributed by atoms with E-state index in [1.165, 1.54) is 0 Å². The summed E-state index contributed by atoms with van der Waals surface area (Å²) in [6.45, 7) is 4.23. The summed E-state index contributed by atoms with van der Waals surface area (Å²) in [6, 6.07) is 13.1. The fourth-order valence-corrected chi connectivity index (χ4v) is 2.04. The molecule has 0 aromatic heterocycles. The van der Waals surface area contributed by atoms with Gasteiger partial charge in [0.2, 0.25) is 0 Å². The second kappa shape index (κ2) is 6.03. The predicted molar refractivity (Wildman–Crippen MR) is 76.8 cm³/mol. The maximum absolute atomic E-state index is 11.0. The van der Waals surface area contributed by atoms with Gasteiger partial charge in [-0.05, 0) is 48.7 Å². The summed E-state index contributed by atoms with van der Waals surface area (Å²) < 4.78 is 5.79. The Morgan fingerprint density at radius 2 is 2.00 bits per heavy atom. The Kier molecular flexibility index (Phi) is 4.17. The minimum Gasteiger partial charge on any atom is -0.488 e. The predicted octanol–water partition coefficient (Wildman–Crippen LogP) is 3.57. The van der Waals surface area contributed by atoms with E-state index in [0.717, 1.165) is 23.0 Å². The number of ether oxygens (including phenoxy) is 1. The van der Waals surface area contributed by atoms with Crippen LogP contribution < -0.4 is 4.74 Å². The average molecular weight is 265 g/mol. The lowest BCUT2D eigenvalue weighted by molar-refractivity contribution is 0.111. The molecule has 0 unspecified atom stereocenters. The Hall–Kier alpha value is -2.60. The van der Waals surface area contributed by atoms with E-state index in [1.54, 1.807) is 12.1 Å². The van der Waals surface area contributed by atoms with Crippen LogP contribution in [0.3, 0.4) is 0 Å². The SMILES string of the molecule is Cc1cc(C#N)ccc1COc1c(C)cccc1C=O. The zero-order chi connectivity index (χ0) is 14.5. The molecule has 0 fully saturated rings. The molecule has 0 N–H and O–H groups in total. The third-order valence-electron chi connectivity index (χ3n) is 3.21. The van der Waals surface area contributed by atoms with Crippen LogP contribution in [0.25, 0.3) is 0 Å². The number of hydrogen-bond acceptors (Lipinski definition) is 3. The average Bonchev–Trinajstić information content (AvgIpc) is 2.46. The molecule has 0 bridgehead atoms. The maximum atomic E-state index is 11.0. The molecule has 20 heavy (non-hydrogen) atoms. The molecule has 0 spiro atoms. The van der Waals surface area contributed by atoms with Gasteiger partial charge in [0, 0.05) is 0 Å². The molecule has 0 atom stereocenters. The summed E-state index contributed by atoms with van der Waals surface area (Å²) in [5.74, 6) is 0.617. The van der Waals surface area contributed by atoms with Crippen LogP contribution in [0.4, 0.5) is 0 Å². The molecule has 0 heterocycles. The van der Waals surface area contributed by atoms with Crippen molar-refractivity contribution in [3.05, 3.63) is 64.2 Å². The third-order valence-corrected chi connectivity index (χ3v) is 3.21. The molecule has 0 amide bonds. The Morgan fingerprint density at radius 3 is 2.65 bits per heavy atom. The molecule has 3 nitrogen and oxygen atoms in total. The van der Waals surface area contributed by atoms with Crippen molar-refractivity contribution < 1.29 is 9.53 Å². The topological polar surface area (TPSA) is 50.1 Å². The van der Waals surface area contributed by atoms with E-state index in [0.29, 0.717) is 23.5 Å². The van der Waals surface area contributed by atoms with Crippen LogP contribution in [0.1, 0.15) is 32.6 Å². The Balaban J connectivity index is 2.21. The van der Waals surface area contributed by atoms with Crippen LogP contribution in [0, 0.1) is 25.2 Å². The van der Waals surface area contributed by atoms with Crippen LogP contribution in [0.5, 0.6) is 5.75 Å². The standard InChI is InChI=1S/C17H15NO2/c1-12-4-3-5-15(10-19)17(12)20-11-16-7-6-14(9-18)8-13(16)2/h3-8,10H,11H2,1-2H3. The van der Waals surface area contributed by atoms with Gasteiger partial charge in [-0.3, -0.25) is 4.79 Å². The number of rotatable bonds is 4. The first-order valence-corrected chi connectivity index (χ1v) is 6.33. The highest BCUT2D eigenvalue weighted by atomic mass is 16.5. The number of aldehydes is 1. The number of nitrogens with zero attached hydrogens (tertiary/aromatic N) is 1. The molecule has 0 aliphatic carbocycles. The minimum absolute atomic E-state index is 0.378. The largest absolute Gasteiger partial charge is 0.488 e. The summed E-state index contributed by atoms with van der Waals surface area (Å²) in [6.07, 6.45) is 0.800. The molecule has 100 valence electrons. The van der Waals surface area contributed by atoms with Gasteiger partial charge in [-0.1, -0.05) is 18.2 Å². The first-order chi connectivity index (χ1) is 9.65. The third kappa shape index (κ3) is 2.86. The zero-order valence-corrected chi connectivity index (χ0v) is 11.5. The Bertz CT molecular complexity index is 684. The first-order valence-electron chi connectivity index (χ1n) is 6.33. The van der Waals surface area contributed by atoms with Crippen molar-refractivity contribution >= 4 is 6.29 Å². The Labute approximate surface area is 118 Å². The lowest BCUT2D eigenvalue weighted by Crippen LogP contribution is -2.02. The molecule has 3 heteroatoms. The molecule has 2 rings (SSSR count). The van der Waals surface area contributed by atoms with Gasteiger partial charge in [0.25, 0.3) is 0 Å². The lowest BCUT2D eigenvalue weighted by atomic mass is 10.1.